The van der Waals surface area contributed by atoms with E-state index in [1.54, 1.807) is 11.8 Å². The van der Waals surface area contributed by atoms with Crippen LogP contribution < -0.4 is 5.32 Å². The number of benzene rings is 1. The molecule has 0 saturated carbocycles. The Balaban J connectivity index is 1.82. The van der Waals surface area contributed by atoms with E-state index in [0.717, 1.165) is 15.8 Å². The highest BCUT2D eigenvalue weighted by Gasteiger charge is 2.29. The van der Waals surface area contributed by atoms with Crippen LogP contribution >= 0.6 is 27.7 Å². The molecule has 0 bridgehead atoms. The first-order valence-corrected chi connectivity index (χ1v) is 10.4. The van der Waals surface area contributed by atoms with Crippen LogP contribution in [0.1, 0.15) is 18.9 Å². The zero-order valence-electron chi connectivity index (χ0n) is 11.7. The first kappa shape index (κ1) is 16.8. The van der Waals surface area contributed by atoms with Crippen LogP contribution in [0.2, 0.25) is 0 Å². The van der Waals surface area contributed by atoms with Crippen LogP contribution in [0.25, 0.3) is 0 Å². The fourth-order valence-corrected chi connectivity index (χ4v) is 5.32. The number of hydrogen-bond acceptors (Lipinski definition) is 4. The standard InChI is InChI=1S/C14H18BrNO3S2/c1-10(20-8-11-4-2-3-5-13(11)15)14(17)16-12-6-7-21(18,19)9-12/h2-5,10,12H,6-9H2,1H3,(H,16,17)/t10-,12+/m0/s1. The molecule has 1 amide bonds. The van der Waals surface area contributed by atoms with Gasteiger partial charge in [-0.3, -0.25) is 4.79 Å². The van der Waals surface area contributed by atoms with E-state index < -0.39 is 9.84 Å². The normalized spacial score (nSPS) is 21.9. The molecule has 1 aliphatic rings. The van der Waals surface area contributed by atoms with Crippen molar-refractivity contribution in [2.24, 2.45) is 0 Å². The van der Waals surface area contributed by atoms with Crippen LogP contribution in [0.5, 0.6) is 0 Å². The van der Waals surface area contributed by atoms with Crippen molar-refractivity contribution in [1.82, 2.24) is 5.32 Å². The monoisotopic (exact) mass is 391 g/mol. The van der Waals surface area contributed by atoms with E-state index in [2.05, 4.69) is 21.2 Å². The number of sulfone groups is 1. The van der Waals surface area contributed by atoms with E-state index in [0.29, 0.717) is 6.42 Å². The smallest absolute Gasteiger partial charge is 0.233 e. The van der Waals surface area contributed by atoms with Crippen LogP contribution in [0.4, 0.5) is 0 Å². The van der Waals surface area contributed by atoms with Crippen molar-refractivity contribution in [3.8, 4) is 0 Å². The fourth-order valence-electron chi connectivity index (χ4n) is 2.13. The highest BCUT2D eigenvalue weighted by molar-refractivity contribution is 9.10. The zero-order valence-corrected chi connectivity index (χ0v) is 14.9. The van der Waals surface area contributed by atoms with Gasteiger partial charge in [-0.1, -0.05) is 34.1 Å². The molecule has 7 heteroatoms. The molecule has 1 aromatic rings. The van der Waals surface area contributed by atoms with Gasteiger partial charge in [0.25, 0.3) is 0 Å². The lowest BCUT2D eigenvalue weighted by atomic mass is 10.2. The lowest BCUT2D eigenvalue weighted by Gasteiger charge is -2.16. The van der Waals surface area contributed by atoms with Crippen LogP contribution in [0, 0.1) is 0 Å². The van der Waals surface area contributed by atoms with Gasteiger partial charge in [-0.05, 0) is 25.0 Å². The molecule has 1 heterocycles. The van der Waals surface area contributed by atoms with Gasteiger partial charge in [-0.15, -0.1) is 11.8 Å². The number of hydrogen-bond donors (Lipinski definition) is 1. The van der Waals surface area contributed by atoms with Gasteiger partial charge >= 0.3 is 0 Å². The molecule has 0 unspecified atom stereocenters. The predicted molar refractivity (Wildman–Crippen MR) is 90.1 cm³/mol. The minimum absolute atomic E-state index is 0.0698. The second-order valence-electron chi connectivity index (χ2n) is 5.15. The molecule has 0 radical (unpaired) electrons. The molecule has 2 atom stereocenters. The molecule has 116 valence electrons. The number of rotatable bonds is 5. The van der Waals surface area contributed by atoms with E-state index in [1.165, 1.54) is 0 Å². The molecule has 0 aliphatic carbocycles. The topological polar surface area (TPSA) is 63.2 Å². The van der Waals surface area contributed by atoms with Crippen LogP contribution in [0.15, 0.2) is 28.7 Å². The van der Waals surface area contributed by atoms with Gasteiger partial charge in [0.05, 0.1) is 16.8 Å². The summed E-state index contributed by atoms with van der Waals surface area (Å²) in [5.74, 6) is 0.893. The van der Waals surface area contributed by atoms with Crippen molar-refractivity contribution < 1.29 is 13.2 Å². The van der Waals surface area contributed by atoms with Crippen molar-refractivity contribution in [2.45, 2.75) is 30.4 Å². The van der Waals surface area contributed by atoms with Gasteiger partial charge in [0.15, 0.2) is 9.84 Å². The quantitative estimate of drug-likeness (QED) is 0.836. The number of carbonyl (C=O) groups is 1. The number of nitrogens with one attached hydrogen (secondary N) is 1. The summed E-state index contributed by atoms with van der Waals surface area (Å²) in [5.41, 5.74) is 1.14. The van der Waals surface area contributed by atoms with E-state index in [9.17, 15) is 13.2 Å². The largest absolute Gasteiger partial charge is 0.351 e. The van der Waals surface area contributed by atoms with Crippen LogP contribution in [-0.2, 0) is 20.4 Å². The maximum atomic E-state index is 12.1. The number of amides is 1. The summed E-state index contributed by atoms with van der Waals surface area (Å²) < 4.78 is 23.8. The summed E-state index contributed by atoms with van der Waals surface area (Å²) in [5, 5.41) is 2.63. The highest BCUT2D eigenvalue weighted by Crippen LogP contribution is 2.24. The first-order chi connectivity index (χ1) is 9.87. The lowest BCUT2D eigenvalue weighted by molar-refractivity contribution is -0.120. The summed E-state index contributed by atoms with van der Waals surface area (Å²) in [4.78, 5) is 12.1. The zero-order chi connectivity index (χ0) is 15.5. The Morgan fingerprint density at radius 2 is 2.19 bits per heavy atom. The first-order valence-electron chi connectivity index (χ1n) is 6.73. The minimum atomic E-state index is -2.96. The Hall–Kier alpha value is -0.530. The Morgan fingerprint density at radius 1 is 1.48 bits per heavy atom. The second-order valence-corrected chi connectivity index (χ2v) is 9.57. The number of halogens is 1. The minimum Gasteiger partial charge on any atom is -0.351 e. The molecule has 1 fully saturated rings. The third-order valence-electron chi connectivity index (χ3n) is 3.39. The van der Waals surface area contributed by atoms with Gasteiger partial charge in [0, 0.05) is 16.3 Å². The van der Waals surface area contributed by atoms with Crippen molar-refractivity contribution >= 4 is 43.4 Å². The van der Waals surface area contributed by atoms with Gasteiger partial charge in [-0.25, -0.2) is 8.42 Å². The Morgan fingerprint density at radius 3 is 2.81 bits per heavy atom. The molecule has 2 rings (SSSR count). The van der Waals surface area contributed by atoms with Crippen molar-refractivity contribution in [2.75, 3.05) is 11.5 Å². The third-order valence-corrected chi connectivity index (χ3v) is 7.13. The molecular weight excluding hydrogens is 374 g/mol. The summed E-state index contributed by atoms with van der Waals surface area (Å²) in [6.45, 7) is 1.85. The van der Waals surface area contributed by atoms with Gasteiger partial charge in [0.2, 0.25) is 5.91 Å². The summed E-state index contributed by atoms with van der Waals surface area (Å²) in [6, 6.07) is 7.69. The molecular formula is C14H18BrNO3S2. The van der Waals surface area contributed by atoms with Crippen molar-refractivity contribution in [3.05, 3.63) is 34.3 Å². The molecule has 1 aromatic carbocycles. The molecule has 1 N–H and O–H groups in total. The lowest BCUT2D eigenvalue weighted by Crippen LogP contribution is -2.40. The maximum absolute atomic E-state index is 12.1. The molecule has 21 heavy (non-hydrogen) atoms. The average molecular weight is 392 g/mol. The van der Waals surface area contributed by atoms with Gasteiger partial charge in [0.1, 0.15) is 0 Å². The fraction of sp³-hybridized carbons (Fsp3) is 0.500. The van der Waals surface area contributed by atoms with E-state index in [1.807, 2.05) is 31.2 Å². The highest BCUT2D eigenvalue weighted by atomic mass is 79.9. The molecule has 1 saturated heterocycles. The Kier molecular flexibility index (Phi) is 5.73. The SMILES string of the molecule is C[C@H](SCc1ccccc1Br)C(=O)N[C@@H]1CCS(=O)(=O)C1. The third kappa shape index (κ3) is 5.00. The summed E-state index contributed by atoms with van der Waals surface area (Å²) >= 11 is 5.03. The Bertz CT molecular complexity index is 618. The average Bonchev–Trinajstić information content (AvgIpc) is 2.76. The molecule has 4 nitrogen and oxygen atoms in total. The summed E-state index contributed by atoms with van der Waals surface area (Å²) in [6.07, 6.45) is 0.524. The number of carbonyl (C=O) groups excluding carboxylic acids is 1. The molecule has 1 aliphatic heterocycles. The Labute approximate surface area is 138 Å². The van der Waals surface area contributed by atoms with Gasteiger partial charge < -0.3 is 5.32 Å². The van der Waals surface area contributed by atoms with E-state index in [-0.39, 0.29) is 28.7 Å². The predicted octanol–water partition coefficient (Wildman–Crippen LogP) is 2.37. The van der Waals surface area contributed by atoms with Gasteiger partial charge in [-0.2, -0.15) is 0 Å². The van der Waals surface area contributed by atoms with Crippen LogP contribution in [0.3, 0.4) is 0 Å². The summed E-state index contributed by atoms with van der Waals surface area (Å²) in [7, 11) is -2.96. The maximum Gasteiger partial charge on any atom is 0.233 e. The van der Waals surface area contributed by atoms with Crippen LogP contribution in [-0.4, -0.2) is 37.1 Å². The molecule has 0 aromatic heterocycles. The number of thioether (sulfide) groups is 1. The van der Waals surface area contributed by atoms with Crippen molar-refractivity contribution in [1.29, 1.82) is 0 Å². The van der Waals surface area contributed by atoms with E-state index in [4.69, 9.17) is 0 Å². The van der Waals surface area contributed by atoms with Crippen molar-refractivity contribution in [3.63, 3.8) is 0 Å². The van der Waals surface area contributed by atoms with E-state index >= 15 is 0 Å². The second kappa shape index (κ2) is 7.15. The molecule has 0 spiro atoms.